The first-order chi connectivity index (χ1) is 8.45. The summed E-state index contributed by atoms with van der Waals surface area (Å²) in [4.78, 5) is 14.1. The van der Waals surface area contributed by atoms with Crippen LogP contribution in [0.3, 0.4) is 0 Å². The van der Waals surface area contributed by atoms with E-state index < -0.39 is 0 Å². The van der Waals surface area contributed by atoms with Crippen LogP contribution < -0.4 is 10.9 Å². The zero-order valence-electron chi connectivity index (χ0n) is 11.4. The fourth-order valence-corrected chi connectivity index (χ4v) is 2.22. The van der Waals surface area contributed by atoms with Gasteiger partial charge in [0.15, 0.2) is 0 Å². The molecular formula is C12H21BrN4O. The van der Waals surface area contributed by atoms with Crippen molar-refractivity contribution in [3.05, 3.63) is 21.0 Å². The molecule has 1 aromatic heterocycles. The highest BCUT2D eigenvalue weighted by Gasteiger charge is 2.11. The molecule has 0 aliphatic carbocycles. The number of nitrogens with one attached hydrogen (secondary N) is 1. The van der Waals surface area contributed by atoms with E-state index in [0.29, 0.717) is 11.0 Å². The first kappa shape index (κ1) is 15.2. The smallest absolute Gasteiger partial charge is 0.283 e. The van der Waals surface area contributed by atoms with Crippen molar-refractivity contribution in [1.82, 2.24) is 14.7 Å². The lowest BCUT2D eigenvalue weighted by Gasteiger charge is -2.20. The molecular weight excluding hydrogens is 296 g/mol. The molecule has 0 spiro atoms. The third-order valence-electron chi connectivity index (χ3n) is 2.46. The Morgan fingerprint density at radius 2 is 2.22 bits per heavy atom. The number of halogens is 1. The van der Waals surface area contributed by atoms with Gasteiger partial charge in [-0.25, -0.2) is 4.68 Å². The molecule has 0 aliphatic heterocycles. The molecule has 1 heterocycles. The van der Waals surface area contributed by atoms with Gasteiger partial charge in [-0.1, -0.05) is 6.92 Å². The minimum atomic E-state index is -0.0843. The summed E-state index contributed by atoms with van der Waals surface area (Å²) in [6.07, 6.45) is 2.59. The maximum Gasteiger partial charge on any atom is 0.283 e. The topological polar surface area (TPSA) is 50.2 Å². The Labute approximate surface area is 116 Å². The van der Waals surface area contributed by atoms with Crippen molar-refractivity contribution in [2.75, 3.05) is 26.0 Å². The predicted octanol–water partition coefficient (Wildman–Crippen LogP) is 1.78. The van der Waals surface area contributed by atoms with Crippen molar-refractivity contribution >= 4 is 21.6 Å². The van der Waals surface area contributed by atoms with Crippen LogP contribution in [-0.4, -0.2) is 41.4 Å². The van der Waals surface area contributed by atoms with Crippen molar-refractivity contribution < 1.29 is 0 Å². The van der Waals surface area contributed by atoms with E-state index in [1.165, 1.54) is 4.68 Å². The molecule has 1 N–H and O–H groups in total. The van der Waals surface area contributed by atoms with Gasteiger partial charge in [0, 0.05) is 19.1 Å². The largest absolute Gasteiger partial charge is 0.379 e. The van der Waals surface area contributed by atoms with E-state index in [2.05, 4.69) is 38.2 Å². The number of aryl methyl sites for hydroxylation is 1. The van der Waals surface area contributed by atoms with Gasteiger partial charge in [0.05, 0.1) is 11.9 Å². The quantitative estimate of drug-likeness (QED) is 0.869. The van der Waals surface area contributed by atoms with Gasteiger partial charge in [-0.15, -0.1) is 0 Å². The lowest BCUT2D eigenvalue weighted by atomic mass is 10.3. The molecule has 0 fully saturated rings. The molecule has 6 heteroatoms. The standard InChI is InChI=1S/C12H21BrN4O/c1-5-6-17-12(18)11(13)10(7-14-17)15-9(2)8-16(3)4/h7,9,15H,5-6,8H2,1-4H3. The van der Waals surface area contributed by atoms with Crippen LogP contribution in [0.25, 0.3) is 0 Å². The fraction of sp³-hybridized carbons (Fsp3) is 0.667. The van der Waals surface area contributed by atoms with Crippen LogP contribution >= 0.6 is 15.9 Å². The number of likely N-dealkylation sites (N-methyl/N-ethyl adjacent to an activating group) is 1. The Kier molecular flexibility index (Phi) is 5.81. The summed E-state index contributed by atoms with van der Waals surface area (Å²) in [5, 5.41) is 7.45. The molecule has 1 atom stereocenters. The van der Waals surface area contributed by atoms with Gasteiger partial charge >= 0.3 is 0 Å². The molecule has 0 bridgehead atoms. The minimum absolute atomic E-state index is 0.0843. The summed E-state index contributed by atoms with van der Waals surface area (Å²) < 4.78 is 2.03. The molecule has 102 valence electrons. The number of aromatic nitrogens is 2. The Bertz CT molecular complexity index is 444. The van der Waals surface area contributed by atoms with Gasteiger partial charge in [0.25, 0.3) is 5.56 Å². The van der Waals surface area contributed by atoms with Gasteiger partial charge in [-0.05, 0) is 43.4 Å². The van der Waals surface area contributed by atoms with E-state index >= 15 is 0 Å². The first-order valence-corrected chi connectivity index (χ1v) is 6.91. The molecule has 5 nitrogen and oxygen atoms in total. The molecule has 18 heavy (non-hydrogen) atoms. The summed E-state index contributed by atoms with van der Waals surface area (Å²) in [7, 11) is 4.04. The van der Waals surface area contributed by atoms with E-state index in [1.54, 1.807) is 6.20 Å². The van der Waals surface area contributed by atoms with Gasteiger partial charge in [0.1, 0.15) is 4.47 Å². The van der Waals surface area contributed by atoms with Gasteiger partial charge in [-0.3, -0.25) is 4.79 Å². The maximum absolute atomic E-state index is 12.0. The van der Waals surface area contributed by atoms with Crippen molar-refractivity contribution in [3.63, 3.8) is 0 Å². The number of hydrogen-bond acceptors (Lipinski definition) is 4. The van der Waals surface area contributed by atoms with Crippen molar-refractivity contribution in [2.24, 2.45) is 0 Å². The fourth-order valence-electron chi connectivity index (χ4n) is 1.80. The number of nitrogens with zero attached hydrogens (tertiary/aromatic N) is 3. The Morgan fingerprint density at radius 1 is 1.56 bits per heavy atom. The van der Waals surface area contributed by atoms with Crippen LogP contribution in [0.1, 0.15) is 20.3 Å². The molecule has 1 rings (SSSR count). The highest BCUT2D eigenvalue weighted by atomic mass is 79.9. The molecule has 0 aromatic carbocycles. The summed E-state index contributed by atoms with van der Waals surface area (Å²) in [5.74, 6) is 0. The van der Waals surface area contributed by atoms with Crippen LogP contribution in [-0.2, 0) is 6.54 Å². The van der Waals surface area contributed by atoms with Crippen LogP contribution in [0.5, 0.6) is 0 Å². The van der Waals surface area contributed by atoms with Crippen molar-refractivity contribution in [3.8, 4) is 0 Å². The summed E-state index contributed by atoms with van der Waals surface area (Å²) in [5.41, 5.74) is 0.667. The second-order valence-electron chi connectivity index (χ2n) is 4.71. The highest BCUT2D eigenvalue weighted by molar-refractivity contribution is 9.10. The zero-order chi connectivity index (χ0) is 13.7. The third-order valence-corrected chi connectivity index (χ3v) is 3.23. The second-order valence-corrected chi connectivity index (χ2v) is 5.50. The Hall–Kier alpha value is -0.880. The third kappa shape index (κ3) is 4.10. The average molecular weight is 317 g/mol. The Balaban J connectivity index is 2.85. The van der Waals surface area contributed by atoms with Crippen LogP contribution in [0, 0.1) is 0 Å². The summed E-state index contributed by atoms with van der Waals surface area (Å²) in [6.45, 7) is 5.63. The van der Waals surface area contributed by atoms with Crippen LogP contribution in [0.2, 0.25) is 0 Å². The highest BCUT2D eigenvalue weighted by Crippen LogP contribution is 2.17. The van der Waals surface area contributed by atoms with E-state index in [-0.39, 0.29) is 11.6 Å². The van der Waals surface area contributed by atoms with E-state index in [9.17, 15) is 4.79 Å². The lowest BCUT2D eigenvalue weighted by Crippen LogP contribution is -2.31. The monoisotopic (exact) mass is 316 g/mol. The molecule has 0 aliphatic rings. The first-order valence-electron chi connectivity index (χ1n) is 6.12. The molecule has 1 unspecified atom stereocenters. The second kappa shape index (κ2) is 6.89. The van der Waals surface area contributed by atoms with E-state index in [4.69, 9.17) is 0 Å². The Morgan fingerprint density at radius 3 is 2.78 bits per heavy atom. The molecule has 0 amide bonds. The SMILES string of the molecule is CCCn1ncc(NC(C)CN(C)C)c(Br)c1=O. The van der Waals surface area contributed by atoms with Gasteiger partial charge < -0.3 is 10.2 Å². The van der Waals surface area contributed by atoms with Crippen molar-refractivity contribution in [1.29, 1.82) is 0 Å². The van der Waals surface area contributed by atoms with E-state index in [1.807, 2.05) is 21.0 Å². The molecule has 1 aromatic rings. The number of hydrogen-bond donors (Lipinski definition) is 1. The summed E-state index contributed by atoms with van der Waals surface area (Å²) in [6, 6.07) is 0.250. The average Bonchev–Trinajstić information content (AvgIpc) is 2.28. The number of rotatable bonds is 6. The van der Waals surface area contributed by atoms with Gasteiger partial charge in [0.2, 0.25) is 0 Å². The predicted molar refractivity (Wildman–Crippen MR) is 78.1 cm³/mol. The zero-order valence-corrected chi connectivity index (χ0v) is 13.0. The molecule has 0 saturated carbocycles. The summed E-state index contributed by atoms with van der Waals surface area (Å²) >= 11 is 3.35. The molecule has 0 saturated heterocycles. The van der Waals surface area contributed by atoms with Crippen LogP contribution in [0.4, 0.5) is 5.69 Å². The van der Waals surface area contributed by atoms with Crippen molar-refractivity contribution in [2.45, 2.75) is 32.9 Å². The van der Waals surface area contributed by atoms with Gasteiger partial charge in [-0.2, -0.15) is 5.10 Å². The maximum atomic E-state index is 12.0. The molecule has 0 radical (unpaired) electrons. The van der Waals surface area contributed by atoms with E-state index in [0.717, 1.165) is 18.7 Å². The lowest BCUT2D eigenvalue weighted by molar-refractivity contribution is 0.392. The number of anilines is 1. The normalized spacial score (nSPS) is 12.8. The van der Waals surface area contributed by atoms with Crippen LogP contribution in [0.15, 0.2) is 15.5 Å². The minimum Gasteiger partial charge on any atom is -0.379 e.